The number of amides is 1. The molecule has 2 N–H and O–H groups in total. The molecule has 0 radical (unpaired) electrons. The van der Waals surface area contributed by atoms with Crippen molar-refractivity contribution in [3.63, 3.8) is 0 Å². The van der Waals surface area contributed by atoms with E-state index in [0.717, 1.165) is 0 Å². The molecule has 18 heavy (non-hydrogen) atoms. The van der Waals surface area contributed by atoms with Gasteiger partial charge in [0.25, 0.3) is 0 Å². The number of rotatable bonds is 3. The summed E-state index contributed by atoms with van der Waals surface area (Å²) < 4.78 is 0. The van der Waals surface area contributed by atoms with Gasteiger partial charge < -0.3 is 10.4 Å². The number of aliphatic carboxylic acids is 1. The fourth-order valence-corrected chi connectivity index (χ4v) is 2.52. The Balaban J connectivity index is 2.06. The van der Waals surface area contributed by atoms with E-state index in [9.17, 15) is 9.59 Å². The highest BCUT2D eigenvalue weighted by atomic mass is 16.4. The van der Waals surface area contributed by atoms with Crippen LogP contribution in [0.1, 0.15) is 19.8 Å². The standard InChI is InChI=1S/C13H16N2O3/c1-8-6-10(11(7-8)13(17)18)12(16)15-9-2-4-14-5-3-9/h2-5,8,10-11H,6-7H2,1H3,(H,17,18)(H,14,15,16)/t8?,10-,11+/m0/s1. The van der Waals surface area contributed by atoms with E-state index in [2.05, 4.69) is 10.3 Å². The molecule has 5 nitrogen and oxygen atoms in total. The normalized spacial score (nSPS) is 26.8. The first kappa shape index (κ1) is 12.5. The summed E-state index contributed by atoms with van der Waals surface area (Å²) in [6.07, 6.45) is 4.38. The summed E-state index contributed by atoms with van der Waals surface area (Å²) in [5.41, 5.74) is 0.652. The van der Waals surface area contributed by atoms with E-state index in [1.807, 2.05) is 6.92 Å². The number of pyridine rings is 1. The molecule has 1 fully saturated rings. The highest BCUT2D eigenvalue weighted by Crippen LogP contribution is 2.37. The molecule has 1 saturated carbocycles. The van der Waals surface area contributed by atoms with Crippen LogP contribution in [0.2, 0.25) is 0 Å². The van der Waals surface area contributed by atoms with Gasteiger partial charge in [0.05, 0.1) is 11.8 Å². The van der Waals surface area contributed by atoms with Gasteiger partial charge in [-0.1, -0.05) is 6.92 Å². The highest BCUT2D eigenvalue weighted by Gasteiger charge is 2.41. The zero-order valence-electron chi connectivity index (χ0n) is 10.2. The number of hydrogen-bond acceptors (Lipinski definition) is 3. The van der Waals surface area contributed by atoms with E-state index in [1.54, 1.807) is 24.5 Å². The number of hydrogen-bond donors (Lipinski definition) is 2. The summed E-state index contributed by atoms with van der Waals surface area (Å²) >= 11 is 0. The third-order valence-corrected chi connectivity index (χ3v) is 3.40. The first-order valence-electron chi connectivity index (χ1n) is 6.01. The van der Waals surface area contributed by atoms with E-state index in [-0.39, 0.29) is 11.8 Å². The van der Waals surface area contributed by atoms with Crippen LogP contribution < -0.4 is 5.32 Å². The Morgan fingerprint density at radius 3 is 2.50 bits per heavy atom. The minimum atomic E-state index is -0.880. The zero-order valence-corrected chi connectivity index (χ0v) is 10.2. The van der Waals surface area contributed by atoms with Crippen molar-refractivity contribution in [2.45, 2.75) is 19.8 Å². The van der Waals surface area contributed by atoms with Gasteiger partial charge >= 0.3 is 5.97 Å². The van der Waals surface area contributed by atoms with Gasteiger partial charge in [-0.05, 0) is 30.9 Å². The van der Waals surface area contributed by atoms with Crippen molar-refractivity contribution in [1.82, 2.24) is 4.98 Å². The van der Waals surface area contributed by atoms with Gasteiger partial charge in [-0.25, -0.2) is 0 Å². The summed E-state index contributed by atoms with van der Waals surface area (Å²) in [5, 5.41) is 11.9. The summed E-state index contributed by atoms with van der Waals surface area (Å²) in [4.78, 5) is 27.1. The van der Waals surface area contributed by atoms with Crippen LogP contribution in [0.4, 0.5) is 5.69 Å². The van der Waals surface area contributed by atoms with Crippen molar-refractivity contribution < 1.29 is 14.7 Å². The van der Waals surface area contributed by atoms with Gasteiger partial charge in [0.2, 0.25) is 5.91 Å². The third-order valence-electron chi connectivity index (χ3n) is 3.40. The third kappa shape index (κ3) is 2.67. The minimum Gasteiger partial charge on any atom is -0.481 e. The Morgan fingerprint density at radius 2 is 1.89 bits per heavy atom. The average Bonchev–Trinajstić information content (AvgIpc) is 2.73. The summed E-state index contributed by atoms with van der Waals surface area (Å²) in [6.45, 7) is 1.98. The maximum Gasteiger partial charge on any atom is 0.307 e. The van der Waals surface area contributed by atoms with Crippen LogP contribution in [0.15, 0.2) is 24.5 Å². The molecule has 1 amide bonds. The Morgan fingerprint density at radius 1 is 1.28 bits per heavy atom. The van der Waals surface area contributed by atoms with Crippen molar-refractivity contribution in [1.29, 1.82) is 0 Å². The Hall–Kier alpha value is -1.91. The van der Waals surface area contributed by atoms with Crippen molar-refractivity contribution in [2.24, 2.45) is 17.8 Å². The molecular formula is C13H16N2O3. The summed E-state index contributed by atoms with van der Waals surface area (Å²) in [7, 11) is 0. The van der Waals surface area contributed by atoms with Gasteiger partial charge in [0.1, 0.15) is 0 Å². The molecule has 96 valence electrons. The van der Waals surface area contributed by atoms with Crippen LogP contribution in [0, 0.1) is 17.8 Å². The van der Waals surface area contributed by atoms with Crippen LogP contribution in [-0.2, 0) is 9.59 Å². The quantitative estimate of drug-likeness (QED) is 0.854. The maximum absolute atomic E-state index is 12.1. The van der Waals surface area contributed by atoms with E-state index in [1.165, 1.54) is 0 Å². The first-order valence-corrected chi connectivity index (χ1v) is 6.01. The molecular weight excluding hydrogens is 232 g/mol. The van der Waals surface area contributed by atoms with Gasteiger partial charge in [-0.3, -0.25) is 14.6 Å². The van der Waals surface area contributed by atoms with Gasteiger partial charge in [-0.15, -0.1) is 0 Å². The van der Waals surface area contributed by atoms with Gasteiger partial charge in [-0.2, -0.15) is 0 Å². The van der Waals surface area contributed by atoms with Gasteiger partial charge in [0.15, 0.2) is 0 Å². The lowest BCUT2D eigenvalue weighted by molar-refractivity contribution is -0.145. The van der Waals surface area contributed by atoms with E-state index >= 15 is 0 Å². The summed E-state index contributed by atoms with van der Waals surface area (Å²) in [5.74, 6) is -1.82. The lowest BCUT2D eigenvalue weighted by Gasteiger charge is -2.15. The number of nitrogens with one attached hydrogen (secondary N) is 1. The van der Waals surface area contributed by atoms with Crippen LogP contribution >= 0.6 is 0 Å². The Bertz CT molecular complexity index is 447. The van der Waals surface area contributed by atoms with Crippen molar-refractivity contribution in [2.75, 3.05) is 5.32 Å². The molecule has 5 heteroatoms. The van der Waals surface area contributed by atoms with Crippen LogP contribution in [0.25, 0.3) is 0 Å². The molecule has 0 bridgehead atoms. The van der Waals surface area contributed by atoms with Crippen LogP contribution in [-0.4, -0.2) is 22.0 Å². The maximum atomic E-state index is 12.1. The molecule has 1 aromatic rings. The molecule has 2 rings (SSSR count). The molecule has 1 aromatic heterocycles. The Kier molecular flexibility index (Phi) is 3.60. The average molecular weight is 248 g/mol. The molecule has 3 atom stereocenters. The van der Waals surface area contributed by atoms with Crippen LogP contribution in [0.5, 0.6) is 0 Å². The van der Waals surface area contributed by atoms with E-state index < -0.39 is 17.8 Å². The Labute approximate surface area is 105 Å². The van der Waals surface area contributed by atoms with Crippen molar-refractivity contribution in [3.8, 4) is 0 Å². The second kappa shape index (κ2) is 5.16. The minimum absolute atomic E-state index is 0.210. The largest absolute Gasteiger partial charge is 0.481 e. The number of carboxylic acid groups (broad SMARTS) is 1. The lowest BCUT2D eigenvalue weighted by atomic mass is 9.95. The topological polar surface area (TPSA) is 79.3 Å². The first-order chi connectivity index (χ1) is 8.58. The van der Waals surface area contributed by atoms with Crippen LogP contribution in [0.3, 0.4) is 0 Å². The molecule has 1 aliphatic carbocycles. The fraction of sp³-hybridized carbons (Fsp3) is 0.462. The molecule has 1 aliphatic rings. The summed E-state index contributed by atoms with van der Waals surface area (Å²) in [6, 6.07) is 3.37. The number of carbonyl (C=O) groups excluding carboxylic acids is 1. The predicted molar refractivity (Wildman–Crippen MR) is 65.9 cm³/mol. The van der Waals surface area contributed by atoms with Crippen molar-refractivity contribution >= 4 is 17.6 Å². The monoisotopic (exact) mass is 248 g/mol. The molecule has 0 saturated heterocycles. The predicted octanol–water partition coefficient (Wildman–Crippen LogP) is 1.77. The molecule has 0 aliphatic heterocycles. The van der Waals surface area contributed by atoms with Crippen molar-refractivity contribution in [3.05, 3.63) is 24.5 Å². The molecule has 1 unspecified atom stereocenters. The zero-order chi connectivity index (χ0) is 13.1. The molecule has 0 spiro atoms. The fourth-order valence-electron chi connectivity index (χ4n) is 2.52. The SMILES string of the molecule is CC1C[C@H](C(=O)Nc2ccncc2)[C@H](C(=O)O)C1. The molecule has 0 aromatic carbocycles. The second-order valence-electron chi connectivity index (χ2n) is 4.85. The lowest BCUT2D eigenvalue weighted by Crippen LogP contribution is -2.29. The number of anilines is 1. The van der Waals surface area contributed by atoms with E-state index in [4.69, 9.17) is 5.11 Å². The number of aromatic nitrogens is 1. The van der Waals surface area contributed by atoms with Gasteiger partial charge in [0, 0.05) is 18.1 Å². The highest BCUT2D eigenvalue weighted by molar-refractivity contribution is 5.95. The second-order valence-corrected chi connectivity index (χ2v) is 4.85. The van der Waals surface area contributed by atoms with E-state index in [0.29, 0.717) is 18.5 Å². The number of carboxylic acids is 1. The molecule has 1 heterocycles. The number of carbonyl (C=O) groups is 2. The smallest absolute Gasteiger partial charge is 0.307 e. The number of nitrogens with zero attached hydrogens (tertiary/aromatic N) is 1.